The standard InChI is InChI=1S/C24H24N2O4/c1-29-23(24(27)28)13-16-4-6-17(7-5-16)30-12-2-3-18-19-8-10-25-14-21(19)22-15-26-11-9-20(18)22/h4-11,14-15,18,23H,2-3,12-13H2,1H3,(H,27,28). The summed E-state index contributed by atoms with van der Waals surface area (Å²) in [5, 5.41) is 9.09. The van der Waals surface area contributed by atoms with E-state index in [1.165, 1.54) is 29.4 Å². The third-order valence-electron chi connectivity index (χ3n) is 5.56. The maximum atomic E-state index is 11.1. The van der Waals surface area contributed by atoms with E-state index in [1.54, 1.807) is 0 Å². The molecule has 1 aliphatic carbocycles. The van der Waals surface area contributed by atoms with Crippen molar-refractivity contribution in [3.05, 3.63) is 77.9 Å². The summed E-state index contributed by atoms with van der Waals surface area (Å²) in [6, 6.07) is 11.7. The number of methoxy groups -OCH3 is 1. The Labute approximate surface area is 175 Å². The zero-order valence-corrected chi connectivity index (χ0v) is 16.8. The van der Waals surface area contributed by atoms with Crippen LogP contribution in [0, 0.1) is 0 Å². The number of carbonyl (C=O) groups is 1. The molecule has 3 aromatic rings. The van der Waals surface area contributed by atoms with E-state index < -0.39 is 12.1 Å². The maximum Gasteiger partial charge on any atom is 0.333 e. The molecule has 1 aromatic carbocycles. The summed E-state index contributed by atoms with van der Waals surface area (Å²) in [6.45, 7) is 0.618. The van der Waals surface area contributed by atoms with Gasteiger partial charge in [-0.25, -0.2) is 4.79 Å². The van der Waals surface area contributed by atoms with E-state index >= 15 is 0 Å². The summed E-state index contributed by atoms with van der Waals surface area (Å²) in [6.07, 6.45) is 8.94. The fourth-order valence-electron chi connectivity index (χ4n) is 4.03. The summed E-state index contributed by atoms with van der Waals surface area (Å²) in [7, 11) is 1.41. The van der Waals surface area contributed by atoms with Gasteiger partial charge >= 0.3 is 5.97 Å². The van der Waals surface area contributed by atoms with E-state index in [-0.39, 0.29) is 0 Å². The van der Waals surface area contributed by atoms with E-state index in [2.05, 4.69) is 22.1 Å². The number of hydrogen-bond acceptors (Lipinski definition) is 5. The van der Waals surface area contributed by atoms with Gasteiger partial charge in [-0.2, -0.15) is 0 Å². The largest absolute Gasteiger partial charge is 0.494 e. The van der Waals surface area contributed by atoms with Crippen molar-refractivity contribution in [1.82, 2.24) is 9.97 Å². The highest BCUT2D eigenvalue weighted by atomic mass is 16.5. The quantitative estimate of drug-likeness (QED) is 0.541. The zero-order valence-electron chi connectivity index (χ0n) is 16.8. The molecule has 0 fully saturated rings. The molecule has 1 N–H and O–H groups in total. The molecule has 1 unspecified atom stereocenters. The number of fused-ring (bicyclic) bond motifs is 3. The lowest BCUT2D eigenvalue weighted by Gasteiger charge is -2.14. The second-order valence-electron chi connectivity index (χ2n) is 7.38. The van der Waals surface area contributed by atoms with Crippen LogP contribution in [0.15, 0.2) is 61.2 Å². The number of ether oxygens (including phenoxy) is 2. The first kappa shape index (κ1) is 20.0. The molecule has 0 saturated carbocycles. The average molecular weight is 404 g/mol. The fourth-order valence-corrected chi connectivity index (χ4v) is 4.03. The molecular formula is C24H24N2O4. The van der Waals surface area contributed by atoms with E-state index in [1.807, 2.05) is 49.1 Å². The van der Waals surface area contributed by atoms with Gasteiger partial charge in [-0.05, 0) is 53.8 Å². The van der Waals surface area contributed by atoms with Crippen molar-refractivity contribution in [3.8, 4) is 16.9 Å². The summed E-state index contributed by atoms with van der Waals surface area (Å²) in [5.41, 5.74) is 5.88. The first-order valence-electron chi connectivity index (χ1n) is 10.0. The molecule has 0 radical (unpaired) electrons. The molecule has 6 nitrogen and oxygen atoms in total. The van der Waals surface area contributed by atoms with Gasteiger partial charge in [-0.15, -0.1) is 0 Å². The molecule has 154 valence electrons. The Hall–Kier alpha value is -3.25. The van der Waals surface area contributed by atoms with Crippen molar-refractivity contribution in [2.24, 2.45) is 0 Å². The Morgan fingerprint density at radius 1 is 1.03 bits per heavy atom. The van der Waals surface area contributed by atoms with E-state index in [4.69, 9.17) is 14.6 Å². The molecule has 0 aliphatic heterocycles. The zero-order chi connectivity index (χ0) is 20.9. The smallest absolute Gasteiger partial charge is 0.333 e. The molecule has 0 saturated heterocycles. The van der Waals surface area contributed by atoms with Crippen molar-refractivity contribution in [3.63, 3.8) is 0 Å². The normalized spacial score (nSPS) is 13.5. The van der Waals surface area contributed by atoms with Crippen LogP contribution in [0.25, 0.3) is 11.1 Å². The second-order valence-corrected chi connectivity index (χ2v) is 7.38. The number of aliphatic carboxylic acids is 1. The lowest BCUT2D eigenvalue weighted by molar-refractivity contribution is -0.148. The first-order valence-corrected chi connectivity index (χ1v) is 10.0. The van der Waals surface area contributed by atoms with Crippen LogP contribution in [0.2, 0.25) is 0 Å². The molecule has 1 aliphatic rings. The highest BCUT2D eigenvalue weighted by Crippen LogP contribution is 2.45. The molecular weight excluding hydrogens is 380 g/mol. The lowest BCUT2D eigenvalue weighted by Crippen LogP contribution is -2.24. The third kappa shape index (κ3) is 4.19. The van der Waals surface area contributed by atoms with Crippen LogP contribution in [0.3, 0.4) is 0 Å². The highest BCUT2D eigenvalue weighted by molar-refractivity contribution is 5.77. The predicted octanol–water partition coefficient (Wildman–Crippen LogP) is 4.09. The average Bonchev–Trinajstić information content (AvgIpc) is 3.09. The molecule has 2 aromatic heterocycles. The second kappa shape index (κ2) is 9.05. The lowest BCUT2D eigenvalue weighted by atomic mass is 9.93. The molecule has 0 spiro atoms. The summed E-state index contributed by atoms with van der Waals surface area (Å²) >= 11 is 0. The number of pyridine rings is 2. The van der Waals surface area contributed by atoms with E-state index in [0.29, 0.717) is 18.9 Å². The van der Waals surface area contributed by atoms with E-state index in [9.17, 15) is 4.79 Å². The van der Waals surface area contributed by atoms with Crippen LogP contribution in [-0.4, -0.2) is 40.9 Å². The van der Waals surface area contributed by atoms with Gasteiger partial charge in [0.1, 0.15) is 5.75 Å². The SMILES string of the molecule is COC(Cc1ccc(OCCCC2c3ccncc3-c3cnccc32)cc1)C(=O)O. The van der Waals surface area contributed by atoms with Crippen molar-refractivity contribution in [1.29, 1.82) is 0 Å². The maximum absolute atomic E-state index is 11.1. The number of rotatable bonds is 9. The summed E-state index contributed by atoms with van der Waals surface area (Å²) in [5.74, 6) is 0.164. The van der Waals surface area contributed by atoms with Gasteiger partial charge in [0, 0.05) is 55.4 Å². The highest BCUT2D eigenvalue weighted by Gasteiger charge is 2.28. The number of aromatic nitrogens is 2. The van der Waals surface area contributed by atoms with Gasteiger partial charge in [0.2, 0.25) is 0 Å². The van der Waals surface area contributed by atoms with Crippen LogP contribution in [0.5, 0.6) is 5.75 Å². The number of carboxylic acid groups (broad SMARTS) is 1. The Morgan fingerprint density at radius 2 is 1.67 bits per heavy atom. The Bertz CT molecular complexity index is 974. The van der Waals surface area contributed by atoms with Crippen molar-refractivity contribution < 1.29 is 19.4 Å². The van der Waals surface area contributed by atoms with Crippen molar-refractivity contribution >= 4 is 5.97 Å². The Kier molecular flexibility index (Phi) is 6.05. The van der Waals surface area contributed by atoms with E-state index in [0.717, 1.165) is 24.2 Å². The molecule has 0 amide bonds. The number of hydrogen-bond donors (Lipinski definition) is 1. The van der Waals surface area contributed by atoms with Gasteiger partial charge < -0.3 is 14.6 Å². The van der Waals surface area contributed by atoms with Gasteiger partial charge in [0.15, 0.2) is 6.10 Å². The summed E-state index contributed by atoms with van der Waals surface area (Å²) in [4.78, 5) is 19.6. The number of carboxylic acids is 1. The van der Waals surface area contributed by atoms with Gasteiger partial charge in [0.05, 0.1) is 6.61 Å². The number of benzene rings is 1. The molecule has 4 rings (SSSR count). The van der Waals surface area contributed by atoms with Crippen molar-refractivity contribution in [2.75, 3.05) is 13.7 Å². The van der Waals surface area contributed by atoms with Crippen LogP contribution in [0.4, 0.5) is 0 Å². The van der Waals surface area contributed by atoms with Gasteiger partial charge in [0.25, 0.3) is 0 Å². The first-order chi connectivity index (χ1) is 14.7. The van der Waals surface area contributed by atoms with Crippen LogP contribution >= 0.6 is 0 Å². The molecule has 1 atom stereocenters. The Balaban J connectivity index is 1.32. The van der Waals surface area contributed by atoms with Gasteiger partial charge in [-0.3, -0.25) is 9.97 Å². The third-order valence-corrected chi connectivity index (χ3v) is 5.56. The van der Waals surface area contributed by atoms with Crippen molar-refractivity contribution in [2.45, 2.75) is 31.3 Å². The molecule has 2 heterocycles. The Morgan fingerprint density at radius 3 is 2.23 bits per heavy atom. The monoisotopic (exact) mass is 404 g/mol. The van der Waals surface area contributed by atoms with Crippen LogP contribution in [0.1, 0.15) is 35.4 Å². The fraction of sp³-hybridized carbons (Fsp3) is 0.292. The molecule has 0 bridgehead atoms. The molecule has 6 heteroatoms. The van der Waals surface area contributed by atoms with Crippen LogP contribution in [-0.2, 0) is 16.0 Å². The number of nitrogens with zero attached hydrogens (tertiary/aromatic N) is 2. The predicted molar refractivity (Wildman–Crippen MR) is 113 cm³/mol. The topological polar surface area (TPSA) is 81.5 Å². The molecule has 30 heavy (non-hydrogen) atoms. The minimum Gasteiger partial charge on any atom is -0.494 e. The minimum atomic E-state index is -0.959. The van der Waals surface area contributed by atoms with Crippen LogP contribution < -0.4 is 4.74 Å². The van der Waals surface area contributed by atoms with Gasteiger partial charge in [-0.1, -0.05) is 12.1 Å². The summed E-state index contributed by atoms with van der Waals surface area (Å²) < 4.78 is 10.9. The minimum absolute atomic E-state index is 0.330.